The zero-order valence-corrected chi connectivity index (χ0v) is 11.6. The highest BCUT2D eigenvalue weighted by Crippen LogP contribution is 2.24. The summed E-state index contributed by atoms with van der Waals surface area (Å²) in [5.74, 6) is 0. The van der Waals surface area contributed by atoms with Crippen LogP contribution in [-0.2, 0) is 6.42 Å². The number of nitrogens with zero attached hydrogens (tertiary/aromatic N) is 2. The molecule has 0 fully saturated rings. The summed E-state index contributed by atoms with van der Waals surface area (Å²) in [6, 6.07) is 13.7. The quantitative estimate of drug-likeness (QED) is 0.788. The third-order valence-electron chi connectivity index (χ3n) is 3.13. The normalized spacial score (nSPS) is 10.7. The molecule has 3 aromatic rings. The smallest absolute Gasteiger partial charge is 0.0737 e. The second-order valence-electron chi connectivity index (χ2n) is 4.52. The molecule has 2 aromatic heterocycles. The molecule has 0 saturated carbocycles. The van der Waals surface area contributed by atoms with E-state index in [1.165, 1.54) is 0 Å². The van der Waals surface area contributed by atoms with Gasteiger partial charge in [0.2, 0.25) is 0 Å². The van der Waals surface area contributed by atoms with Gasteiger partial charge in [-0.2, -0.15) is 0 Å². The van der Waals surface area contributed by atoms with E-state index < -0.39 is 0 Å². The Kier molecular flexibility index (Phi) is 3.79. The number of fused-ring (bicyclic) bond motifs is 1. The summed E-state index contributed by atoms with van der Waals surface area (Å²) in [5, 5.41) is 5.22. The fraction of sp³-hybridized carbons (Fsp3) is 0.125. The fourth-order valence-electron chi connectivity index (χ4n) is 2.15. The topological polar surface area (TPSA) is 37.8 Å². The molecule has 0 aliphatic heterocycles. The summed E-state index contributed by atoms with van der Waals surface area (Å²) in [7, 11) is 0. The second kappa shape index (κ2) is 5.88. The second-order valence-corrected chi connectivity index (χ2v) is 4.95. The van der Waals surface area contributed by atoms with Crippen molar-refractivity contribution in [2.45, 2.75) is 6.42 Å². The van der Waals surface area contributed by atoms with E-state index in [1.807, 2.05) is 48.7 Å². The van der Waals surface area contributed by atoms with Crippen LogP contribution in [0.2, 0.25) is 5.02 Å². The summed E-state index contributed by atoms with van der Waals surface area (Å²) in [6.07, 6.45) is 4.50. The van der Waals surface area contributed by atoms with Gasteiger partial charge in [-0.1, -0.05) is 17.7 Å². The van der Waals surface area contributed by atoms with E-state index >= 15 is 0 Å². The van der Waals surface area contributed by atoms with Gasteiger partial charge < -0.3 is 5.32 Å². The molecule has 100 valence electrons. The summed E-state index contributed by atoms with van der Waals surface area (Å²) in [5.41, 5.74) is 3.06. The number of anilines is 1. The fourth-order valence-corrected chi connectivity index (χ4v) is 2.31. The lowest BCUT2D eigenvalue weighted by Gasteiger charge is -2.09. The zero-order valence-electron chi connectivity index (χ0n) is 10.9. The number of hydrogen-bond donors (Lipinski definition) is 1. The van der Waals surface area contributed by atoms with Crippen molar-refractivity contribution in [3.63, 3.8) is 0 Å². The average Bonchev–Trinajstić information content (AvgIpc) is 2.48. The van der Waals surface area contributed by atoms with Gasteiger partial charge in [0.25, 0.3) is 0 Å². The van der Waals surface area contributed by atoms with Crippen molar-refractivity contribution in [1.29, 1.82) is 0 Å². The largest absolute Gasteiger partial charge is 0.384 e. The maximum atomic E-state index is 5.99. The number of aromatic nitrogens is 2. The van der Waals surface area contributed by atoms with Crippen LogP contribution in [0.5, 0.6) is 0 Å². The van der Waals surface area contributed by atoms with Crippen molar-refractivity contribution in [3.8, 4) is 0 Å². The highest BCUT2D eigenvalue weighted by Gasteiger charge is 2.02. The highest BCUT2D eigenvalue weighted by molar-refractivity contribution is 6.31. The van der Waals surface area contributed by atoms with Gasteiger partial charge in [0.15, 0.2) is 0 Å². The standard InChI is InChI=1S/C16H14ClN3/c17-12-4-5-14-15(7-10-20-16(14)11-12)19-9-6-13-3-1-2-8-18-13/h1-5,7-8,10-11H,6,9H2,(H,19,20). The summed E-state index contributed by atoms with van der Waals surface area (Å²) >= 11 is 5.99. The summed E-state index contributed by atoms with van der Waals surface area (Å²) < 4.78 is 0. The van der Waals surface area contributed by atoms with Crippen molar-refractivity contribution >= 4 is 28.2 Å². The van der Waals surface area contributed by atoms with E-state index in [0.717, 1.165) is 35.2 Å². The van der Waals surface area contributed by atoms with E-state index in [9.17, 15) is 0 Å². The molecule has 0 amide bonds. The van der Waals surface area contributed by atoms with Crippen molar-refractivity contribution in [2.24, 2.45) is 0 Å². The van der Waals surface area contributed by atoms with Crippen molar-refractivity contribution in [1.82, 2.24) is 9.97 Å². The van der Waals surface area contributed by atoms with Crippen LogP contribution in [0.25, 0.3) is 10.9 Å². The number of benzene rings is 1. The molecule has 0 unspecified atom stereocenters. The molecule has 0 saturated heterocycles. The Hall–Kier alpha value is -2.13. The molecule has 3 nitrogen and oxygen atoms in total. The highest BCUT2D eigenvalue weighted by atomic mass is 35.5. The molecule has 2 heterocycles. The summed E-state index contributed by atoms with van der Waals surface area (Å²) in [6.45, 7) is 0.832. The van der Waals surface area contributed by atoms with E-state index in [4.69, 9.17) is 11.6 Å². The Labute approximate surface area is 122 Å². The number of hydrogen-bond acceptors (Lipinski definition) is 3. The van der Waals surface area contributed by atoms with Crippen molar-refractivity contribution in [3.05, 3.63) is 65.6 Å². The van der Waals surface area contributed by atoms with Crippen molar-refractivity contribution < 1.29 is 0 Å². The van der Waals surface area contributed by atoms with Gasteiger partial charge in [-0.25, -0.2) is 0 Å². The molecule has 20 heavy (non-hydrogen) atoms. The summed E-state index contributed by atoms with van der Waals surface area (Å²) in [4.78, 5) is 8.65. The molecular formula is C16H14ClN3. The SMILES string of the molecule is Clc1ccc2c(NCCc3ccccn3)ccnc2c1. The van der Waals surface area contributed by atoms with Crippen LogP contribution in [0.3, 0.4) is 0 Å². The zero-order chi connectivity index (χ0) is 13.8. The molecule has 0 spiro atoms. The van der Waals surface area contributed by atoms with Gasteiger partial charge in [0.1, 0.15) is 0 Å². The van der Waals surface area contributed by atoms with Crippen LogP contribution in [0.15, 0.2) is 54.9 Å². The average molecular weight is 284 g/mol. The predicted octanol–water partition coefficient (Wildman–Crippen LogP) is 3.94. The first-order chi connectivity index (χ1) is 9.83. The van der Waals surface area contributed by atoms with Gasteiger partial charge in [-0.05, 0) is 36.4 Å². The Morgan fingerprint density at radius 1 is 1.00 bits per heavy atom. The molecule has 0 aliphatic rings. The molecule has 3 rings (SSSR count). The Morgan fingerprint density at radius 2 is 1.95 bits per heavy atom. The minimum atomic E-state index is 0.704. The molecule has 0 aliphatic carbocycles. The van der Waals surface area contributed by atoms with Gasteiger partial charge in [-0.3, -0.25) is 9.97 Å². The van der Waals surface area contributed by atoms with Crippen LogP contribution in [0.1, 0.15) is 5.69 Å². The first-order valence-electron chi connectivity index (χ1n) is 6.51. The minimum absolute atomic E-state index is 0.704. The van der Waals surface area contributed by atoms with Crippen LogP contribution in [0, 0.1) is 0 Å². The van der Waals surface area contributed by atoms with Crippen LogP contribution in [0.4, 0.5) is 5.69 Å². The number of nitrogens with one attached hydrogen (secondary N) is 1. The van der Waals surface area contributed by atoms with Gasteiger partial charge in [-0.15, -0.1) is 0 Å². The van der Waals surface area contributed by atoms with E-state index in [0.29, 0.717) is 5.02 Å². The number of rotatable bonds is 4. The van der Waals surface area contributed by atoms with Crippen LogP contribution in [-0.4, -0.2) is 16.5 Å². The molecule has 0 atom stereocenters. The van der Waals surface area contributed by atoms with Gasteiger partial charge >= 0.3 is 0 Å². The molecule has 1 N–H and O–H groups in total. The molecular weight excluding hydrogens is 270 g/mol. The Bertz CT molecular complexity index is 713. The maximum Gasteiger partial charge on any atom is 0.0737 e. The number of pyridine rings is 2. The Balaban J connectivity index is 1.74. The lowest BCUT2D eigenvalue weighted by Crippen LogP contribution is -2.06. The maximum absolute atomic E-state index is 5.99. The van der Waals surface area contributed by atoms with E-state index in [1.54, 1.807) is 6.20 Å². The van der Waals surface area contributed by atoms with Crippen molar-refractivity contribution in [2.75, 3.05) is 11.9 Å². The number of halogens is 1. The third-order valence-corrected chi connectivity index (χ3v) is 3.36. The van der Waals surface area contributed by atoms with E-state index in [2.05, 4.69) is 15.3 Å². The first-order valence-corrected chi connectivity index (χ1v) is 6.89. The molecule has 0 bridgehead atoms. The molecule has 4 heteroatoms. The minimum Gasteiger partial charge on any atom is -0.384 e. The molecule has 1 aromatic carbocycles. The lowest BCUT2D eigenvalue weighted by molar-refractivity contribution is 0.962. The first kappa shape index (κ1) is 12.9. The van der Waals surface area contributed by atoms with Gasteiger partial charge in [0, 0.05) is 47.1 Å². The van der Waals surface area contributed by atoms with Gasteiger partial charge in [0.05, 0.1) is 5.52 Å². The third kappa shape index (κ3) is 2.89. The van der Waals surface area contributed by atoms with E-state index in [-0.39, 0.29) is 0 Å². The lowest BCUT2D eigenvalue weighted by atomic mass is 10.2. The predicted molar refractivity (Wildman–Crippen MR) is 83.2 cm³/mol. The Morgan fingerprint density at radius 3 is 2.80 bits per heavy atom. The van der Waals surface area contributed by atoms with Crippen LogP contribution < -0.4 is 5.32 Å². The monoisotopic (exact) mass is 283 g/mol. The molecule has 0 radical (unpaired) electrons. The van der Waals surface area contributed by atoms with Crippen LogP contribution >= 0.6 is 11.6 Å².